The second-order valence-corrected chi connectivity index (χ2v) is 3.72. The number of rotatable bonds is 1. The Morgan fingerprint density at radius 1 is 1.70 bits per heavy atom. The van der Waals surface area contributed by atoms with Crippen LogP contribution in [0.15, 0.2) is 12.3 Å². The lowest BCUT2D eigenvalue weighted by molar-refractivity contribution is 0.586. The van der Waals surface area contributed by atoms with Crippen LogP contribution in [0.5, 0.6) is 0 Å². The summed E-state index contributed by atoms with van der Waals surface area (Å²) in [5.74, 6) is 0.199. The molecular formula is C4H7N3O2S. The normalized spacial score (nSPS) is 11.7. The molecule has 0 aliphatic carbocycles. The van der Waals surface area contributed by atoms with Gasteiger partial charge in [-0.3, -0.25) is 0 Å². The Balaban J connectivity index is 3.21. The van der Waals surface area contributed by atoms with Crippen molar-refractivity contribution in [2.75, 3.05) is 12.0 Å². The lowest BCUT2D eigenvalue weighted by atomic mass is 10.7. The lowest BCUT2D eigenvalue weighted by Crippen LogP contribution is -2.10. The molecule has 1 aromatic heterocycles. The summed E-state index contributed by atoms with van der Waals surface area (Å²) in [7, 11) is -3.26. The maximum Gasteiger partial charge on any atom is 0.250 e. The second-order valence-electron chi connectivity index (χ2n) is 1.88. The largest absolute Gasteiger partial charge is 0.382 e. The fourth-order valence-corrected chi connectivity index (χ4v) is 1.03. The first-order chi connectivity index (χ1) is 4.50. The average molecular weight is 161 g/mol. The number of hydrogen-bond donors (Lipinski definition) is 1. The van der Waals surface area contributed by atoms with E-state index >= 15 is 0 Å². The van der Waals surface area contributed by atoms with E-state index in [1.165, 1.54) is 12.3 Å². The summed E-state index contributed by atoms with van der Waals surface area (Å²) >= 11 is 0. The van der Waals surface area contributed by atoms with Crippen molar-refractivity contribution in [1.29, 1.82) is 0 Å². The van der Waals surface area contributed by atoms with Crippen LogP contribution in [0.4, 0.5) is 5.82 Å². The van der Waals surface area contributed by atoms with Gasteiger partial charge in [-0.05, 0) is 0 Å². The van der Waals surface area contributed by atoms with Gasteiger partial charge in [-0.2, -0.15) is 4.09 Å². The smallest absolute Gasteiger partial charge is 0.250 e. The van der Waals surface area contributed by atoms with Gasteiger partial charge in [0.1, 0.15) is 5.82 Å². The van der Waals surface area contributed by atoms with Gasteiger partial charge in [0.25, 0.3) is 10.0 Å². The van der Waals surface area contributed by atoms with Crippen LogP contribution >= 0.6 is 0 Å². The minimum atomic E-state index is -3.26. The van der Waals surface area contributed by atoms with Crippen molar-refractivity contribution in [2.45, 2.75) is 0 Å². The molecule has 56 valence electrons. The molecule has 0 fully saturated rings. The van der Waals surface area contributed by atoms with E-state index in [4.69, 9.17) is 5.73 Å². The molecule has 2 N–H and O–H groups in total. The van der Waals surface area contributed by atoms with Crippen molar-refractivity contribution in [3.63, 3.8) is 0 Å². The van der Waals surface area contributed by atoms with Gasteiger partial charge in [-0.25, -0.2) is 8.42 Å². The number of anilines is 1. The molecule has 0 spiro atoms. The molecule has 0 aliphatic rings. The molecule has 0 aliphatic heterocycles. The maximum atomic E-state index is 10.7. The quantitative estimate of drug-likeness (QED) is 0.589. The molecule has 0 bridgehead atoms. The first-order valence-corrected chi connectivity index (χ1v) is 4.36. The monoisotopic (exact) mass is 161 g/mol. The van der Waals surface area contributed by atoms with Gasteiger partial charge < -0.3 is 5.73 Å². The van der Waals surface area contributed by atoms with Crippen molar-refractivity contribution < 1.29 is 8.42 Å². The van der Waals surface area contributed by atoms with Gasteiger partial charge in [0.15, 0.2) is 0 Å². The summed E-state index contributed by atoms with van der Waals surface area (Å²) in [5.41, 5.74) is 5.18. The average Bonchev–Trinajstić information content (AvgIpc) is 2.11. The molecule has 6 heteroatoms. The van der Waals surface area contributed by atoms with Crippen molar-refractivity contribution in [2.24, 2.45) is 0 Å². The summed E-state index contributed by atoms with van der Waals surface area (Å²) in [6.45, 7) is 0. The van der Waals surface area contributed by atoms with Crippen LogP contribution in [0.1, 0.15) is 0 Å². The third-order valence-corrected chi connectivity index (χ3v) is 1.81. The molecule has 0 saturated carbocycles. The minimum Gasteiger partial charge on any atom is -0.382 e. The second kappa shape index (κ2) is 1.98. The van der Waals surface area contributed by atoms with Crippen LogP contribution in [0.3, 0.4) is 0 Å². The molecule has 1 heterocycles. The third kappa shape index (κ3) is 1.27. The van der Waals surface area contributed by atoms with Gasteiger partial charge in [0.05, 0.1) is 6.26 Å². The third-order valence-electron chi connectivity index (χ3n) is 0.927. The Kier molecular flexibility index (Phi) is 1.40. The molecular weight excluding hydrogens is 154 g/mol. The highest BCUT2D eigenvalue weighted by atomic mass is 32.2. The van der Waals surface area contributed by atoms with Crippen molar-refractivity contribution in [3.05, 3.63) is 12.3 Å². The Morgan fingerprint density at radius 3 is 2.50 bits per heavy atom. The molecule has 1 aromatic rings. The number of hydrogen-bond acceptors (Lipinski definition) is 4. The van der Waals surface area contributed by atoms with Gasteiger partial charge in [-0.15, -0.1) is 5.10 Å². The maximum absolute atomic E-state index is 10.7. The molecule has 0 amide bonds. The van der Waals surface area contributed by atoms with E-state index in [0.29, 0.717) is 0 Å². The number of aromatic nitrogens is 2. The molecule has 5 nitrogen and oxygen atoms in total. The van der Waals surface area contributed by atoms with Gasteiger partial charge in [0, 0.05) is 12.3 Å². The van der Waals surface area contributed by atoms with E-state index in [1.807, 2.05) is 0 Å². The molecule has 1 rings (SSSR count). The molecule has 10 heavy (non-hydrogen) atoms. The molecule has 0 aromatic carbocycles. The summed E-state index contributed by atoms with van der Waals surface area (Å²) in [6.07, 6.45) is 2.35. The summed E-state index contributed by atoms with van der Waals surface area (Å²) in [4.78, 5) is 0. The fraction of sp³-hybridized carbons (Fsp3) is 0.250. The van der Waals surface area contributed by atoms with Crippen LogP contribution in [0.25, 0.3) is 0 Å². The number of nitrogens with zero attached hydrogens (tertiary/aromatic N) is 2. The van der Waals surface area contributed by atoms with Gasteiger partial charge in [0.2, 0.25) is 0 Å². The SMILES string of the molecule is CS(=O)(=O)n1ccc(N)n1. The van der Waals surface area contributed by atoms with Crippen LogP contribution in [-0.4, -0.2) is 23.9 Å². The molecule has 0 saturated heterocycles. The van der Waals surface area contributed by atoms with E-state index in [2.05, 4.69) is 5.10 Å². The first-order valence-electron chi connectivity index (χ1n) is 2.52. The Hall–Kier alpha value is -1.04. The standard InChI is InChI=1S/C4H7N3O2S/c1-10(8,9)7-3-2-4(5)6-7/h2-3H,1H3,(H2,5,6). The summed E-state index contributed by atoms with van der Waals surface area (Å²) in [6, 6.07) is 1.42. The molecule has 0 unspecified atom stereocenters. The predicted molar refractivity (Wildman–Crippen MR) is 36.9 cm³/mol. The zero-order chi connectivity index (χ0) is 7.78. The first kappa shape index (κ1) is 7.07. The molecule has 0 radical (unpaired) electrons. The van der Waals surface area contributed by atoms with Crippen LogP contribution < -0.4 is 5.73 Å². The zero-order valence-corrected chi connectivity index (χ0v) is 6.17. The Bertz CT molecular complexity index is 326. The highest BCUT2D eigenvalue weighted by molar-refractivity contribution is 7.89. The highest BCUT2D eigenvalue weighted by Gasteiger charge is 2.04. The van der Waals surface area contributed by atoms with E-state index in [9.17, 15) is 8.42 Å². The topological polar surface area (TPSA) is 78.0 Å². The number of nitrogens with two attached hydrogens (primary N) is 1. The Labute approximate surface area is 58.5 Å². The minimum absolute atomic E-state index is 0.199. The molecule has 0 atom stereocenters. The van der Waals surface area contributed by atoms with E-state index in [0.717, 1.165) is 10.3 Å². The van der Waals surface area contributed by atoms with E-state index in [-0.39, 0.29) is 5.82 Å². The summed E-state index contributed by atoms with van der Waals surface area (Å²) < 4.78 is 22.2. The van der Waals surface area contributed by atoms with Crippen LogP contribution in [-0.2, 0) is 10.0 Å². The van der Waals surface area contributed by atoms with E-state index < -0.39 is 10.0 Å². The van der Waals surface area contributed by atoms with Crippen molar-refractivity contribution in [1.82, 2.24) is 9.19 Å². The van der Waals surface area contributed by atoms with Gasteiger partial charge >= 0.3 is 0 Å². The van der Waals surface area contributed by atoms with Crippen molar-refractivity contribution in [3.8, 4) is 0 Å². The van der Waals surface area contributed by atoms with Crippen LogP contribution in [0, 0.1) is 0 Å². The number of nitrogen functional groups attached to an aromatic ring is 1. The van der Waals surface area contributed by atoms with Gasteiger partial charge in [-0.1, -0.05) is 0 Å². The fourth-order valence-electron chi connectivity index (χ4n) is 0.505. The predicted octanol–water partition coefficient (Wildman–Crippen LogP) is -0.727. The van der Waals surface area contributed by atoms with Crippen LogP contribution in [0.2, 0.25) is 0 Å². The Morgan fingerprint density at radius 2 is 2.30 bits per heavy atom. The highest BCUT2D eigenvalue weighted by Crippen LogP contribution is 1.97. The van der Waals surface area contributed by atoms with E-state index in [1.54, 1.807) is 0 Å². The zero-order valence-electron chi connectivity index (χ0n) is 5.35. The summed E-state index contributed by atoms with van der Waals surface area (Å²) in [5, 5.41) is 3.49. The van der Waals surface area contributed by atoms with Crippen molar-refractivity contribution >= 4 is 15.8 Å². The lowest BCUT2D eigenvalue weighted by Gasteiger charge is -1.92.